The fourth-order valence-corrected chi connectivity index (χ4v) is 2.04. The van der Waals surface area contributed by atoms with E-state index in [9.17, 15) is 5.21 Å². The number of nitrogens with zero attached hydrogens (tertiary/aromatic N) is 1. The normalized spacial score (nSPS) is 17.1. The lowest BCUT2D eigenvalue weighted by Gasteiger charge is -2.21. The number of aromatic amines is 1. The number of rotatable bonds is 1. The van der Waals surface area contributed by atoms with E-state index in [4.69, 9.17) is 0 Å². The first kappa shape index (κ1) is 7.85. The van der Waals surface area contributed by atoms with Crippen LogP contribution in [0.15, 0.2) is 24.4 Å². The van der Waals surface area contributed by atoms with Crippen molar-refractivity contribution in [3.8, 4) is 0 Å². The molecule has 0 unspecified atom stereocenters. The van der Waals surface area contributed by atoms with E-state index in [1.807, 2.05) is 12.1 Å². The van der Waals surface area contributed by atoms with Gasteiger partial charge < -0.3 is 5.21 Å². The van der Waals surface area contributed by atoms with Gasteiger partial charge in [-0.3, -0.25) is 0 Å². The summed E-state index contributed by atoms with van der Waals surface area (Å²) in [6.45, 7) is 0. The third-order valence-electron chi connectivity index (χ3n) is 3.12. The first-order valence-electron chi connectivity index (χ1n) is 5.07. The number of pyridine rings is 1. The topological polar surface area (TPSA) is 39.9 Å². The molecule has 3 nitrogen and oxygen atoms in total. The van der Waals surface area contributed by atoms with Gasteiger partial charge in [-0.2, -0.15) is 0 Å². The maximum atomic E-state index is 9.54. The van der Waals surface area contributed by atoms with E-state index in [-0.39, 0.29) is 0 Å². The average Bonchev–Trinajstić information content (AvgIpc) is 2.46. The molecule has 0 atom stereocenters. The van der Waals surface area contributed by atoms with Crippen molar-refractivity contribution < 1.29 is 9.94 Å². The Labute approximate surface area is 82.0 Å². The summed E-state index contributed by atoms with van der Waals surface area (Å²) < 4.78 is 1.15. The molecule has 0 radical (unpaired) electrons. The Kier molecular flexibility index (Phi) is 1.54. The SMILES string of the molecule is O[n+]1cccc2cc(C3CCC3)[nH]c21. The molecule has 1 fully saturated rings. The van der Waals surface area contributed by atoms with Gasteiger partial charge in [0, 0.05) is 5.92 Å². The van der Waals surface area contributed by atoms with Crippen molar-refractivity contribution >= 4 is 11.0 Å². The third kappa shape index (κ3) is 1.02. The van der Waals surface area contributed by atoms with Crippen molar-refractivity contribution in [3.63, 3.8) is 0 Å². The second kappa shape index (κ2) is 2.74. The van der Waals surface area contributed by atoms with E-state index in [1.165, 1.54) is 25.0 Å². The van der Waals surface area contributed by atoms with Crippen molar-refractivity contribution in [2.24, 2.45) is 0 Å². The molecule has 1 aliphatic rings. The zero-order valence-electron chi connectivity index (χ0n) is 7.90. The van der Waals surface area contributed by atoms with Crippen LogP contribution in [0.5, 0.6) is 0 Å². The van der Waals surface area contributed by atoms with Crippen LogP contribution in [0.1, 0.15) is 30.9 Å². The van der Waals surface area contributed by atoms with Crippen LogP contribution >= 0.6 is 0 Å². The van der Waals surface area contributed by atoms with E-state index >= 15 is 0 Å². The predicted octanol–water partition coefficient (Wildman–Crippen LogP) is 1.96. The number of aromatic nitrogens is 2. The summed E-state index contributed by atoms with van der Waals surface area (Å²) in [6.07, 6.45) is 5.53. The summed E-state index contributed by atoms with van der Waals surface area (Å²) in [6, 6.07) is 6.01. The molecular weight excluding hydrogens is 176 g/mol. The van der Waals surface area contributed by atoms with E-state index in [2.05, 4.69) is 11.1 Å². The Morgan fingerprint density at radius 3 is 2.93 bits per heavy atom. The number of H-pyrrole nitrogens is 1. The molecule has 0 aromatic carbocycles. The summed E-state index contributed by atoms with van der Waals surface area (Å²) in [7, 11) is 0. The summed E-state index contributed by atoms with van der Waals surface area (Å²) >= 11 is 0. The van der Waals surface area contributed by atoms with Crippen LogP contribution in [0, 0.1) is 0 Å². The zero-order chi connectivity index (χ0) is 9.54. The molecule has 0 spiro atoms. The molecule has 3 heteroatoms. The molecule has 2 aromatic rings. The lowest BCUT2D eigenvalue weighted by atomic mass is 9.83. The van der Waals surface area contributed by atoms with Gasteiger partial charge in [0.1, 0.15) is 11.9 Å². The summed E-state index contributed by atoms with van der Waals surface area (Å²) in [5.74, 6) is 0.683. The van der Waals surface area contributed by atoms with Crippen LogP contribution in [-0.2, 0) is 0 Å². The van der Waals surface area contributed by atoms with Crippen molar-refractivity contribution in [3.05, 3.63) is 30.1 Å². The molecule has 3 rings (SSSR count). The highest BCUT2D eigenvalue weighted by Gasteiger charge is 2.25. The minimum Gasteiger partial charge on any atom is -0.350 e. The molecule has 2 heterocycles. The second-order valence-electron chi connectivity index (χ2n) is 4.01. The van der Waals surface area contributed by atoms with Crippen LogP contribution in [0.3, 0.4) is 0 Å². The molecule has 0 amide bonds. The molecule has 1 aliphatic carbocycles. The lowest BCUT2D eigenvalue weighted by molar-refractivity contribution is -0.885. The predicted molar refractivity (Wildman–Crippen MR) is 52.3 cm³/mol. The molecular formula is C11H13N2O+. The van der Waals surface area contributed by atoms with E-state index in [1.54, 1.807) is 6.20 Å². The van der Waals surface area contributed by atoms with Gasteiger partial charge >= 0.3 is 5.65 Å². The third-order valence-corrected chi connectivity index (χ3v) is 3.12. The quantitative estimate of drug-likeness (QED) is 0.522. The van der Waals surface area contributed by atoms with E-state index in [0.717, 1.165) is 15.8 Å². The summed E-state index contributed by atoms with van der Waals surface area (Å²) in [5, 5.41) is 10.6. The maximum Gasteiger partial charge on any atom is 0.325 e. The first-order chi connectivity index (χ1) is 6.84. The number of hydrogen-bond donors (Lipinski definition) is 2. The van der Waals surface area contributed by atoms with Gasteiger partial charge in [-0.25, -0.2) is 4.98 Å². The van der Waals surface area contributed by atoms with Gasteiger partial charge in [-0.1, -0.05) is 11.2 Å². The van der Waals surface area contributed by atoms with Crippen molar-refractivity contribution in [1.82, 2.24) is 4.98 Å². The van der Waals surface area contributed by atoms with Crippen LogP contribution in [-0.4, -0.2) is 10.2 Å². The lowest BCUT2D eigenvalue weighted by Crippen LogP contribution is -2.30. The number of fused-ring (bicyclic) bond motifs is 1. The summed E-state index contributed by atoms with van der Waals surface area (Å²) in [5.41, 5.74) is 2.06. The fraction of sp³-hybridized carbons (Fsp3) is 0.364. The Balaban J connectivity index is 2.15. The highest BCUT2D eigenvalue weighted by atomic mass is 16.5. The first-order valence-corrected chi connectivity index (χ1v) is 5.07. The number of nitrogens with one attached hydrogen (secondary N) is 1. The molecule has 0 saturated heterocycles. The molecule has 14 heavy (non-hydrogen) atoms. The highest BCUT2D eigenvalue weighted by molar-refractivity contribution is 5.73. The monoisotopic (exact) mass is 189 g/mol. The van der Waals surface area contributed by atoms with E-state index in [0.29, 0.717) is 5.92 Å². The minimum atomic E-state index is 0.683. The fourth-order valence-electron chi connectivity index (χ4n) is 2.04. The summed E-state index contributed by atoms with van der Waals surface area (Å²) in [4.78, 5) is 3.28. The van der Waals surface area contributed by atoms with Gasteiger partial charge in [0.25, 0.3) is 0 Å². The molecule has 1 saturated carbocycles. The molecule has 72 valence electrons. The van der Waals surface area contributed by atoms with Gasteiger partial charge in [0.2, 0.25) is 0 Å². The van der Waals surface area contributed by atoms with Crippen LogP contribution < -0.4 is 4.73 Å². The van der Waals surface area contributed by atoms with Crippen molar-refractivity contribution in [1.29, 1.82) is 0 Å². The smallest absolute Gasteiger partial charge is 0.325 e. The molecule has 2 aromatic heterocycles. The maximum absolute atomic E-state index is 9.54. The largest absolute Gasteiger partial charge is 0.350 e. The van der Waals surface area contributed by atoms with E-state index < -0.39 is 0 Å². The second-order valence-corrected chi connectivity index (χ2v) is 4.01. The van der Waals surface area contributed by atoms with Crippen molar-refractivity contribution in [2.75, 3.05) is 0 Å². The van der Waals surface area contributed by atoms with Crippen LogP contribution in [0.25, 0.3) is 11.0 Å². The van der Waals surface area contributed by atoms with Gasteiger partial charge in [-0.15, -0.1) is 0 Å². The standard InChI is InChI=1S/C11H12N2O/c14-13-6-2-5-9-7-10(12-11(9)13)8-3-1-4-8/h2,5-8,14H,1,3-4H2/p+1. The van der Waals surface area contributed by atoms with Crippen LogP contribution in [0.4, 0.5) is 0 Å². The van der Waals surface area contributed by atoms with Gasteiger partial charge in [-0.05, 0) is 31.0 Å². The Bertz CT molecular complexity index is 471. The molecule has 0 aliphatic heterocycles. The average molecular weight is 189 g/mol. The van der Waals surface area contributed by atoms with Crippen molar-refractivity contribution in [2.45, 2.75) is 25.2 Å². The zero-order valence-corrected chi connectivity index (χ0v) is 7.90. The minimum absolute atomic E-state index is 0.683. The molecule has 2 N–H and O–H groups in total. The Morgan fingerprint density at radius 2 is 2.29 bits per heavy atom. The highest BCUT2D eigenvalue weighted by Crippen LogP contribution is 2.36. The van der Waals surface area contributed by atoms with Gasteiger partial charge in [0.05, 0.1) is 5.39 Å². The number of hydrogen-bond acceptors (Lipinski definition) is 1. The molecule has 0 bridgehead atoms. The van der Waals surface area contributed by atoms with Crippen LogP contribution in [0.2, 0.25) is 0 Å². The van der Waals surface area contributed by atoms with Gasteiger partial charge in [0.15, 0.2) is 0 Å². The Hall–Kier alpha value is -1.51. The Morgan fingerprint density at radius 1 is 1.43 bits per heavy atom.